The van der Waals surface area contributed by atoms with Gasteiger partial charge in [0.1, 0.15) is 31.0 Å². The monoisotopic (exact) mass is 520 g/mol. The third-order valence-electron chi connectivity index (χ3n) is 6.24. The molecule has 6 atom stereocenters. The molecule has 10 heteroatoms. The van der Waals surface area contributed by atoms with Gasteiger partial charge in [0, 0.05) is 12.8 Å². The molecule has 1 fully saturated rings. The molecule has 1 rings (SSSR count). The van der Waals surface area contributed by atoms with Crippen LogP contribution in [0.1, 0.15) is 97.3 Å². The number of esters is 2. The summed E-state index contributed by atoms with van der Waals surface area (Å²) in [7, 11) is 0. The second-order valence-corrected chi connectivity index (χ2v) is 9.51. The van der Waals surface area contributed by atoms with Crippen LogP contribution in [-0.2, 0) is 28.5 Å². The second-order valence-electron chi connectivity index (χ2n) is 9.51. The Labute approximate surface area is 215 Å². The minimum atomic E-state index is -1.58. The molecule has 1 aliphatic rings. The highest BCUT2D eigenvalue weighted by atomic mass is 16.7. The lowest BCUT2D eigenvalue weighted by atomic mass is 9.99. The standard InChI is InChI=1S/C26H48O10/c1-3-5-7-8-9-10-11-12-13-15-21(28)33-17-19(35-22(29)14-6-4-2)18-34-26-25(32)24(31)23(30)20(16-27)36-26/h19-20,23-27,30-32H,3-18H2,1-2H3/t19-,20-,23+,24+,25-,26-/m1/s1. The lowest BCUT2D eigenvalue weighted by Gasteiger charge is -2.39. The maximum atomic E-state index is 12.2. The average molecular weight is 521 g/mol. The van der Waals surface area contributed by atoms with Gasteiger partial charge in [-0.25, -0.2) is 0 Å². The highest BCUT2D eigenvalue weighted by molar-refractivity contribution is 5.70. The summed E-state index contributed by atoms with van der Waals surface area (Å²) in [6.07, 6.45) is 4.11. The predicted molar refractivity (Wildman–Crippen MR) is 132 cm³/mol. The van der Waals surface area contributed by atoms with Crippen molar-refractivity contribution in [2.75, 3.05) is 19.8 Å². The largest absolute Gasteiger partial charge is 0.462 e. The van der Waals surface area contributed by atoms with Gasteiger partial charge < -0.3 is 39.4 Å². The van der Waals surface area contributed by atoms with Crippen LogP contribution in [0.4, 0.5) is 0 Å². The van der Waals surface area contributed by atoms with Gasteiger partial charge >= 0.3 is 11.9 Å². The van der Waals surface area contributed by atoms with Crippen molar-refractivity contribution in [3.63, 3.8) is 0 Å². The zero-order chi connectivity index (χ0) is 26.8. The zero-order valence-corrected chi connectivity index (χ0v) is 22.0. The van der Waals surface area contributed by atoms with E-state index >= 15 is 0 Å². The van der Waals surface area contributed by atoms with Crippen LogP contribution in [0.2, 0.25) is 0 Å². The molecule has 0 amide bonds. The van der Waals surface area contributed by atoms with Gasteiger partial charge in [-0.2, -0.15) is 0 Å². The first-order valence-electron chi connectivity index (χ1n) is 13.6. The molecule has 36 heavy (non-hydrogen) atoms. The molecule has 0 unspecified atom stereocenters. The summed E-state index contributed by atoms with van der Waals surface area (Å²) in [5, 5.41) is 39.2. The van der Waals surface area contributed by atoms with Crippen molar-refractivity contribution in [3.05, 3.63) is 0 Å². The van der Waals surface area contributed by atoms with Gasteiger partial charge in [-0.05, 0) is 12.8 Å². The van der Waals surface area contributed by atoms with Crippen molar-refractivity contribution in [2.45, 2.75) is 134 Å². The van der Waals surface area contributed by atoms with Crippen molar-refractivity contribution in [2.24, 2.45) is 0 Å². The van der Waals surface area contributed by atoms with Gasteiger partial charge in [-0.1, -0.05) is 71.6 Å². The average Bonchev–Trinajstić information content (AvgIpc) is 2.87. The fraction of sp³-hybridized carbons (Fsp3) is 0.923. The Morgan fingerprint density at radius 1 is 0.750 bits per heavy atom. The molecule has 212 valence electrons. The maximum Gasteiger partial charge on any atom is 0.306 e. The number of unbranched alkanes of at least 4 members (excludes halogenated alkanes) is 9. The number of ether oxygens (including phenoxy) is 4. The molecule has 1 aliphatic heterocycles. The topological polar surface area (TPSA) is 152 Å². The Morgan fingerprint density at radius 3 is 1.94 bits per heavy atom. The molecule has 0 aromatic heterocycles. The van der Waals surface area contributed by atoms with Gasteiger partial charge in [0.2, 0.25) is 0 Å². The van der Waals surface area contributed by atoms with Gasteiger partial charge in [0.25, 0.3) is 0 Å². The van der Waals surface area contributed by atoms with E-state index in [2.05, 4.69) is 6.92 Å². The minimum absolute atomic E-state index is 0.208. The Bertz CT molecular complexity index is 585. The maximum absolute atomic E-state index is 12.2. The van der Waals surface area contributed by atoms with Crippen LogP contribution in [0.15, 0.2) is 0 Å². The quantitative estimate of drug-likeness (QED) is 0.139. The Balaban J connectivity index is 2.44. The molecular formula is C26H48O10. The van der Waals surface area contributed by atoms with Gasteiger partial charge in [0.05, 0.1) is 13.2 Å². The van der Waals surface area contributed by atoms with Crippen molar-refractivity contribution in [1.29, 1.82) is 0 Å². The summed E-state index contributed by atoms with van der Waals surface area (Å²) in [4.78, 5) is 24.3. The molecule has 0 radical (unpaired) electrons. The molecule has 0 bridgehead atoms. The van der Waals surface area contributed by atoms with Crippen LogP contribution in [0.3, 0.4) is 0 Å². The van der Waals surface area contributed by atoms with Gasteiger partial charge in [-0.3, -0.25) is 9.59 Å². The summed E-state index contributed by atoms with van der Waals surface area (Å²) in [5.41, 5.74) is 0. The highest BCUT2D eigenvalue weighted by Gasteiger charge is 2.44. The first-order valence-corrected chi connectivity index (χ1v) is 13.6. The van der Waals surface area contributed by atoms with Crippen LogP contribution in [-0.4, -0.2) is 89.0 Å². The van der Waals surface area contributed by atoms with E-state index in [4.69, 9.17) is 18.9 Å². The zero-order valence-electron chi connectivity index (χ0n) is 22.0. The van der Waals surface area contributed by atoms with Crippen LogP contribution in [0, 0.1) is 0 Å². The summed E-state index contributed by atoms with van der Waals surface area (Å²) in [6.45, 7) is 3.07. The van der Waals surface area contributed by atoms with Crippen molar-refractivity contribution >= 4 is 11.9 Å². The number of aliphatic hydroxyl groups is 4. The van der Waals surface area contributed by atoms with Crippen molar-refractivity contribution in [1.82, 2.24) is 0 Å². The third-order valence-corrected chi connectivity index (χ3v) is 6.24. The van der Waals surface area contributed by atoms with E-state index in [1.807, 2.05) is 6.92 Å². The summed E-state index contributed by atoms with van der Waals surface area (Å²) in [6, 6.07) is 0. The molecule has 0 saturated carbocycles. The third kappa shape index (κ3) is 13.3. The van der Waals surface area contributed by atoms with E-state index in [1.54, 1.807) is 0 Å². The molecule has 10 nitrogen and oxygen atoms in total. The lowest BCUT2D eigenvalue weighted by Crippen LogP contribution is -2.59. The summed E-state index contributed by atoms with van der Waals surface area (Å²) >= 11 is 0. The number of hydrogen-bond donors (Lipinski definition) is 4. The van der Waals surface area contributed by atoms with Gasteiger partial charge in [0.15, 0.2) is 12.4 Å². The van der Waals surface area contributed by atoms with Crippen molar-refractivity contribution in [3.8, 4) is 0 Å². The summed E-state index contributed by atoms with van der Waals surface area (Å²) in [5.74, 6) is -0.852. The first-order chi connectivity index (χ1) is 17.3. The van der Waals surface area contributed by atoms with E-state index in [1.165, 1.54) is 38.5 Å². The fourth-order valence-corrected chi connectivity index (χ4v) is 3.93. The highest BCUT2D eigenvalue weighted by Crippen LogP contribution is 2.22. The van der Waals surface area contributed by atoms with Crippen LogP contribution < -0.4 is 0 Å². The molecule has 0 aromatic carbocycles. The first kappa shape index (κ1) is 32.7. The molecule has 4 N–H and O–H groups in total. The number of carbonyl (C=O) groups excluding carboxylic acids is 2. The molecular weight excluding hydrogens is 472 g/mol. The van der Waals surface area contributed by atoms with Crippen LogP contribution >= 0.6 is 0 Å². The molecule has 0 aliphatic carbocycles. The normalized spacial score (nSPS) is 24.9. The Morgan fingerprint density at radius 2 is 1.33 bits per heavy atom. The van der Waals surface area contributed by atoms with Gasteiger partial charge in [-0.15, -0.1) is 0 Å². The van der Waals surface area contributed by atoms with E-state index in [-0.39, 0.29) is 32.0 Å². The van der Waals surface area contributed by atoms with Crippen LogP contribution in [0.25, 0.3) is 0 Å². The summed E-state index contributed by atoms with van der Waals surface area (Å²) < 4.78 is 21.5. The number of aliphatic hydroxyl groups excluding tert-OH is 4. The van der Waals surface area contributed by atoms with Crippen molar-refractivity contribution < 1.29 is 49.0 Å². The lowest BCUT2D eigenvalue weighted by molar-refractivity contribution is -0.305. The number of carbonyl (C=O) groups is 2. The molecule has 1 saturated heterocycles. The number of hydrogen-bond acceptors (Lipinski definition) is 10. The minimum Gasteiger partial charge on any atom is -0.462 e. The molecule has 0 aromatic rings. The number of rotatable bonds is 20. The van der Waals surface area contributed by atoms with Crippen LogP contribution in [0.5, 0.6) is 0 Å². The SMILES string of the molecule is CCCCCCCCCCCC(=O)OC[C@H](CO[C@@H]1O[C@H](CO)[C@H](O)[C@H](O)[C@H]1O)OC(=O)CCCC. The predicted octanol–water partition coefficient (Wildman–Crippen LogP) is 2.37. The molecule has 1 heterocycles. The fourth-order valence-electron chi connectivity index (χ4n) is 3.93. The Kier molecular flexibility index (Phi) is 18.0. The smallest absolute Gasteiger partial charge is 0.306 e. The van der Waals surface area contributed by atoms with E-state index < -0.39 is 49.4 Å². The van der Waals surface area contributed by atoms with E-state index in [0.717, 1.165) is 25.7 Å². The Hall–Kier alpha value is -1.30. The van der Waals surface area contributed by atoms with E-state index in [0.29, 0.717) is 6.42 Å². The second kappa shape index (κ2) is 19.8. The van der Waals surface area contributed by atoms with E-state index in [9.17, 15) is 30.0 Å². The molecule has 0 spiro atoms.